The fraction of sp³-hybridized carbons (Fsp3) is 0.667. The van der Waals surface area contributed by atoms with E-state index < -0.39 is 0 Å². The zero-order valence-corrected chi connectivity index (χ0v) is 11.2. The van der Waals surface area contributed by atoms with Crippen LogP contribution >= 0.6 is 22.9 Å². The van der Waals surface area contributed by atoms with E-state index in [2.05, 4.69) is 4.90 Å². The largest absolute Gasteiger partial charge is 0.373 e. The molecule has 94 valence electrons. The molecule has 17 heavy (non-hydrogen) atoms. The van der Waals surface area contributed by atoms with Gasteiger partial charge >= 0.3 is 0 Å². The second-order valence-electron chi connectivity index (χ2n) is 4.82. The molecular formula is C12H17ClN2OS. The van der Waals surface area contributed by atoms with Crippen LogP contribution in [0.5, 0.6) is 0 Å². The molecule has 1 aromatic rings. The molecule has 0 spiro atoms. The average Bonchev–Trinajstić information content (AvgIpc) is 2.95. The highest BCUT2D eigenvalue weighted by molar-refractivity contribution is 7.10. The predicted octanol–water partition coefficient (Wildman–Crippen LogP) is 2.26. The van der Waals surface area contributed by atoms with Gasteiger partial charge in [-0.25, -0.2) is 0 Å². The lowest BCUT2D eigenvalue weighted by atomic mass is 10.1. The fourth-order valence-corrected chi connectivity index (χ4v) is 4.01. The SMILES string of the molecule is NC(c1sccc1Cl)C1CN2CCCC2CO1. The number of fused-ring (bicyclic) bond motifs is 1. The Morgan fingerprint density at radius 1 is 1.59 bits per heavy atom. The van der Waals surface area contributed by atoms with Crippen LogP contribution in [-0.4, -0.2) is 36.7 Å². The van der Waals surface area contributed by atoms with Gasteiger partial charge in [0.25, 0.3) is 0 Å². The molecular weight excluding hydrogens is 256 g/mol. The van der Waals surface area contributed by atoms with Gasteiger partial charge in [-0.15, -0.1) is 11.3 Å². The normalized spacial score (nSPS) is 31.4. The van der Waals surface area contributed by atoms with Gasteiger partial charge in [0, 0.05) is 17.5 Å². The molecule has 0 aliphatic carbocycles. The van der Waals surface area contributed by atoms with Crippen LogP contribution in [0.1, 0.15) is 23.8 Å². The minimum Gasteiger partial charge on any atom is -0.373 e. The molecule has 0 radical (unpaired) electrons. The number of halogens is 1. The third kappa shape index (κ3) is 2.25. The Morgan fingerprint density at radius 2 is 2.47 bits per heavy atom. The van der Waals surface area contributed by atoms with Crippen LogP contribution in [0, 0.1) is 0 Å². The summed E-state index contributed by atoms with van der Waals surface area (Å²) >= 11 is 7.75. The number of hydrogen-bond acceptors (Lipinski definition) is 4. The minimum atomic E-state index is -0.0935. The van der Waals surface area contributed by atoms with Gasteiger partial charge < -0.3 is 10.5 Å². The lowest BCUT2D eigenvalue weighted by Crippen LogP contribution is -2.49. The summed E-state index contributed by atoms with van der Waals surface area (Å²) in [4.78, 5) is 3.56. The van der Waals surface area contributed by atoms with Gasteiger partial charge in [0.2, 0.25) is 0 Å². The summed E-state index contributed by atoms with van der Waals surface area (Å²) in [6.07, 6.45) is 2.64. The van der Waals surface area contributed by atoms with Gasteiger partial charge in [0.15, 0.2) is 0 Å². The molecule has 1 aromatic heterocycles. The van der Waals surface area contributed by atoms with Gasteiger partial charge in [-0.1, -0.05) is 11.6 Å². The maximum atomic E-state index is 6.27. The Hall–Kier alpha value is -0.130. The maximum Gasteiger partial charge on any atom is 0.0903 e. The molecule has 5 heteroatoms. The lowest BCUT2D eigenvalue weighted by molar-refractivity contribution is -0.0592. The highest BCUT2D eigenvalue weighted by atomic mass is 35.5. The number of hydrogen-bond donors (Lipinski definition) is 1. The van der Waals surface area contributed by atoms with E-state index in [1.165, 1.54) is 19.4 Å². The summed E-state index contributed by atoms with van der Waals surface area (Å²) in [6.45, 7) is 2.96. The highest BCUT2D eigenvalue weighted by Gasteiger charge is 2.35. The quantitative estimate of drug-likeness (QED) is 0.898. The van der Waals surface area contributed by atoms with E-state index in [4.69, 9.17) is 22.1 Å². The summed E-state index contributed by atoms with van der Waals surface area (Å²) in [7, 11) is 0. The van der Waals surface area contributed by atoms with E-state index in [9.17, 15) is 0 Å². The third-order valence-electron chi connectivity index (χ3n) is 3.76. The maximum absolute atomic E-state index is 6.27. The first kappa shape index (κ1) is 11.9. The lowest BCUT2D eigenvalue weighted by Gasteiger charge is -2.37. The Balaban J connectivity index is 1.71. The molecule has 3 atom stereocenters. The number of nitrogens with zero attached hydrogens (tertiary/aromatic N) is 1. The van der Waals surface area contributed by atoms with Crippen molar-refractivity contribution in [2.45, 2.75) is 31.0 Å². The molecule has 3 heterocycles. The first-order valence-electron chi connectivity index (χ1n) is 6.10. The zero-order chi connectivity index (χ0) is 11.8. The number of ether oxygens (including phenoxy) is 1. The predicted molar refractivity (Wildman–Crippen MR) is 70.6 cm³/mol. The monoisotopic (exact) mass is 272 g/mol. The average molecular weight is 273 g/mol. The van der Waals surface area contributed by atoms with Crippen LogP contribution in [0.3, 0.4) is 0 Å². The molecule has 2 saturated heterocycles. The molecule has 0 saturated carbocycles. The van der Waals surface area contributed by atoms with E-state index >= 15 is 0 Å². The molecule has 3 nitrogen and oxygen atoms in total. The van der Waals surface area contributed by atoms with Crippen LogP contribution in [0.15, 0.2) is 11.4 Å². The van der Waals surface area contributed by atoms with Gasteiger partial charge in [-0.3, -0.25) is 4.90 Å². The van der Waals surface area contributed by atoms with Crippen LogP contribution in [0.2, 0.25) is 5.02 Å². The Labute approximate surface area is 110 Å². The topological polar surface area (TPSA) is 38.5 Å². The van der Waals surface area contributed by atoms with Crippen molar-refractivity contribution < 1.29 is 4.74 Å². The van der Waals surface area contributed by atoms with Gasteiger partial charge in [-0.05, 0) is 30.8 Å². The summed E-state index contributed by atoms with van der Waals surface area (Å²) < 4.78 is 5.91. The second-order valence-corrected chi connectivity index (χ2v) is 6.18. The molecule has 3 rings (SSSR count). The second kappa shape index (κ2) is 4.86. The number of thiophene rings is 1. The van der Waals surface area contributed by atoms with E-state index in [0.717, 1.165) is 23.1 Å². The first-order valence-corrected chi connectivity index (χ1v) is 7.35. The van der Waals surface area contributed by atoms with Crippen molar-refractivity contribution in [3.63, 3.8) is 0 Å². The van der Waals surface area contributed by atoms with Crippen LogP contribution < -0.4 is 5.73 Å². The standard InChI is InChI=1S/C12H17ClN2OS/c13-9-3-5-17-12(9)11(14)10-6-15-4-1-2-8(15)7-16-10/h3,5,8,10-11H,1-2,4,6-7,14H2. The van der Waals surface area contributed by atoms with Crippen molar-refractivity contribution in [3.05, 3.63) is 21.3 Å². The fourth-order valence-electron chi connectivity index (χ4n) is 2.77. The Morgan fingerprint density at radius 3 is 3.24 bits per heavy atom. The van der Waals surface area contributed by atoms with Crippen molar-refractivity contribution >= 4 is 22.9 Å². The number of morpholine rings is 1. The van der Waals surface area contributed by atoms with Crippen molar-refractivity contribution in [2.24, 2.45) is 5.73 Å². The third-order valence-corrected chi connectivity index (χ3v) is 5.22. The molecule has 2 aliphatic rings. The minimum absolute atomic E-state index is 0.0838. The van der Waals surface area contributed by atoms with Crippen molar-refractivity contribution in [3.8, 4) is 0 Å². The van der Waals surface area contributed by atoms with E-state index in [-0.39, 0.29) is 12.1 Å². The summed E-state index contributed by atoms with van der Waals surface area (Å²) in [5.74, 6) is 0. The van der Waals surface area contributed by atoms with Crippen LogP contribution in [0.25, 0.3) is 0 Å². The van der Waals surface area contributed by atoms with E-state index in [1.807, 2.05) is 11.4 Å². The van der Waals surface area contributed by atoms with Gasteiger partial charge in [-0.2, -0.15) is 0 Å². The van der Waals surface area contributed by atoms with Crippen molar-refractivity contribution in [2.75, 3.05) is 19.7 Å². The van der Waals surface area contributed by atoms with Crippen LogP contribution in [-0.2, 0) is 4.74 Å². The highest BCUT2D eigenvalue weighted by Crippen LogP contribution is 2.33. The zero-order valence-electron chi connectivity index (χ0n) is 9.64. The molecule has 2 fully saturated rings. The smallest absolute Gasteiger partial charge is 0.0903 e. The summed E-state index contributed by atoms with van der Waals surface area (Å²) in [6, 6.07) is 2.43. The van der Waals surface area contributed by atoms with Gasteiger partial charge in [0.1, 0.15) is 0 Å². The molecule has 0 bridgehead atoms. The van der Waals surface area contributed by atoms with Gasteiger partial charge in [0.05, 0.1) is 23.8 Å². The molecule has 3 unspecified atom stereocenters. The van der Waals surface area contributed by atoms with E-state index in [0.29, 0.717) is 6.04 Å². The van der Waals surface area contributed by atoms with Crippen molar-refractivity contribution in [1.82, 2.24) is 4.90 Å². The Kier molecular flexibility index (Phi) is 3.41. The summed E-state index contributed by atoms with van der Waals surface area (Å²) in [5.41, 5.74) is 6.27. The van der Waals surface area contributed by atoms with E-state index in [1.54, 1.807) is 11.3 Å². The molecule has 2 aliphatic heterocycles. The summed E-state index contributed by atoms with van der Waals surface area (Å²) in [5, 5.41) is 2.76. The molecule has 0 amide bonds. The first-order chi connectivity index (χ1) is 8.25. The molecule has 0 aromatic carbocycles. The van der Waals surface area contributed by atoms with Crippen LogP contribution in [0.4, 0.5) is 0 Å². The number of nitrogens with two attached hydrogens (primary N) is 1. The number of rotatable bonds is 2. The Bertz CT molecular complexity index is 398. The molecule has 2 N–H and O–H groups in total. The van der Waals surface area contributed by atoms with Crippen molar-refractivity contribution in [1.29, 1.82) is 0 Å².